The van der Waals surface area contributed by atoms with Gasteiger partial charge in [0, 0.05) is 24.7 Å². The lowest BCUT2D eigenvalue weighted by molar-refractivity contribution is -0.123. The SMILES string of the molecule is CC1CCCN(CC(=O)NCc2ccccc2F)C1CN.Cl. The number of nitrogens with one attached hydrogen (secondary N) is 1. The molecule has 1 fully saturated rings. The average Bonchev–Trinajstić information content (AvgIpc) is 2.47. The molecule has 1 aliphatic heterocycles. The Morgan fingerprint density at radius 2 is 2.18 bits per heavy atom. The highest BCUT2D eigenvalue weighted by molar-refractivity contribution is 5.85. The summed E-state index contributed by atoms with van der Waals surface area (Å²) in [5.74, 6) is 0.151. The summed E-state index contributed by atoms with van der Waals surface area (Å²) in [4.78, 5) is 14.2. The number of hydrogen-bond donors (Lipinski definition) is 2. The first-order chi connectivity index (χ1) is 10.1. The number of amides is 1. The van der Waals surface area contributed by atoms with Crippen LogP contribution in [0.5, 0.6) is 0 Å². The number of nitrogens with two attached hydrogens (primary N) is 1. The summed E-state index contributed by atoms with van der Waals surface area (Å²) in [6.45, 7) is 4.21. The molecule has 0 radical (unpaired) electrons. The summed E-state index contributed by atoms with van der Waals surface area (Å²) in [5.41, 5.74) is 6.33. The Hall–Kier alpha value is -1.17. The molecule has 1 saturated heterocycles. The Labute approximate surface area is 137 Å². The van der Waals surface area contributed by atoms with Crippen LogP contribution in [0, 0.1) is 11.7 Å². The van der Waals surface area contributed by atoms with Gasteiger partial charge < -0.3 is 11.1 Å². The fraction of sp³-hybridized carbons (Fsp3) is 0.562. The maximum Gasteiger partial charge on any atom is 0.234 e. The van der Waals surface area contributed by atoms with Gasteiger partial charge in [-0.2, -0.15) is 0 Å². The van der Waals surface area contributed by atoms with Gasteiger partial charge in [0.15, 0.2) is 0 Å². The number of rotatable bonds is 5. The van der Waals surface area contributed by atoms with Crippen LogP contribution in [0.15, 0.2) is 24.3 Å². The Morgan fingerprint density at radius 1 is 1.45 bits per heavy atom. The molecule has 2 atom stereocenters. The molecule has 0 aromatic heterocycles. The maximum absolute atomic E-state index is 13.5. The van der Waals surface area contributed by atoms with Gasteiger partial charge in [-0.1, -0.05) is 25.1 Å². The highest BCUT2D eigenvalue weighted by atomic mass is 35.5. The topological polar surface area (TPSA) is 58.4 Å². The number of hydrogen-bond acceptors (Lipinski definition) is 3. The van der Waals surface area contributed by atoms with Gasteiger partial charge in [0.25, 0.3) is 0 Å². The van der Waals surface area contributed by atoms with Crippen LogP contribution in [-0.2, 0) is 11.3 Å². The largest absolute Gasteiger partial charge is 0.351 e. The van der Waals surface area contributed by atoms with E-state index in [0.29, 0.717) is 24.6 Å². The van der Waals surface area contributed by atoms with Gasteiger partial charge in [-0.25, -0.2) is 4.39 Å². The van der Waals surface area contributed by atoms with E-state index >= 15 is 0 Å². The van der Waals surface area contributed by atoms with Crippen LogP contribution in [0.2, 0.25) is 0 Å². The van der Waals surface area contributed by atoms with E-state index in [-0.39, 0.29) is 36.7 Å². The third-order valence-corrected chi connectivity index (χ3v) is 4.25. The van der Waals surface area contributed by atoms with Crippen LogP contribution in [0.3, 0.4) is 0 Å². The molecular formula is C16H25ClFN3O. The van der Waals surface area contributed by atoms with Crippen molar-refractivity contribution in [1.82, 2.24) is 10.2 Å². The third-order valence-electron chi connectivity index (χ3n) is 4.25. The van der Waals surface area contributed by atoms with Gasteiger partial charge in [-0.15, -0.1) is 12.4 Å². The zero-order chi connectivity index (χ0) is 15.2. The van der Waals surface area contributed by atoms with Crippen LogP contribution in [0.4, 0.5) is 4.39 Å². The lowest BCUT2D eigenvalue weighted by atomic mass is 9.91. The monoisotopic (exact) mass is 329 g/mol. The standard InChI is InChI=1S/C16H24FN3O.ClH/c1-12-5-4-8-20(15(12)9-18)11-16(21)19-10-13-6-2-3-7-14(13)17;/h2-3,6-7,12,15H,4-5,8-11,18H2,1H3,(H,19,21);1H. The third kappa shape index (κ3) is 4.93. The van der Waals surface area contributed by atoms with E-state index in [9.17, 15) is 9.18 Å². The number of likely N-dealkylation sites (tertiary alicyclic amines) is 1. The summed E-state index contributed by atoms with van der Waals surface area (Å²) >= 11 is 0. The Balaban J connectivity index is 0.00000242. The second kappa shape index (κ2) is 9.08. The zero-order valence-electron chi connectivity index (χ0n) is 12.9. The number of piperidine rings is 1. The molecule has 2 rings (SSSR count). The van der Waals surface area contributed by atoms with Gasteiger partial charge in [0.2, 0.25) is 5.91 Å². The minimum atomic E-state index is -0.288. The lowest BCUT2D eigenvalue weighted by Crippen LogP contribution is -2.51. The minimum absolute atomic E-state index is 0. The first-order valence-electron chi connectivity index (χ1n) is 7.56. The van der Waals surface area contributed by atoms with Crippen molar-refractivity contribution >= 4 is 18.3 Å². The molecular weight excluding hydrogens is 305 g/mol. The number of carbonyl (C=O) groups excluding carboxylic acids is 1. The van der Waals surface area contributed by atoms with Crippen LogP contribution in [0.25, 0.3) is 0 Å². The number of nitrogens with zero attached hydrogens (tertiary/aromatic N) is 1. The van der Waals surface area contributed by atoms with Gasteiger partial charge in [0.05, 0.1) is 6.54 Å². The molecule has 0 aliphatic carbocycles. The van der Waals surface area contributed by atoms with Crippen LogP contribution >= 0.6 is 12.4 Å². The van der Waals surface area contributed by atoms with Gasteiger partial charge in [-0.05, 0) is 31.4 Å². The molecule has 3 N–H and O–H groups in total. The average molecular weight is 330 g/mol. The smallest absolute Gasteiger partial charge is 0.234 e. The molecule has 1 aromatic rings. The van der Waals surface area contributed by atoms with Crippen LogP contribution < -0.4 is 11.1 Å². The first-order valence-corrected chi connectivity index (χ1v) is 7.56. The first kappa shape index (κ1) is 18.9. The van der Waals surface area contributed by atoms with Crippen molar-refractivity contribution < 1.29 is 9.18 Å². The van der Waals surface area contributed by atoms with E-state index in [4.69, 9.17) is 5.73 Å². The van der Waals surface area contributed by atoms with Crippen molar-refractivity contribution in [3.63, 3.8) is 0 Å². The molecule has 1 aliphatic rings. The summed E-state index contributed by atoms with van der Waals surface area (Å²) in [6, 6.07) is 6.75. The minimum Gasteiger partial charge on any atom is -0.351 e. The van der Waals surface area contributed by atoms with Crippen LogP contribution in [0.1, 0.15) is 25.3 Å². The van der Waals surface area contributed by atoms with E-state index in [0.717, 1.165) is 19.4 Å². The second-order valence-electron chi connectivity index (χ2n) is 5.76. The van der Waals surface area contributed by atoms with Gasteiger partial charge >= 0.3 is 0 Å². The highest BCUT2D eigenvalue weighted by Gasteiger charge is 2.28. The Morgan fingerprint density at radius 3 is 2.86 bits per heavy atom. The molecule has 0 spiro atoms. The highest BCUT2D eigenvalue weighted by Crippen LogP contribution is 2.22. The predicted molar refractivity (Wildman–Crippen MR) is 88.3 cm³/mol. The van der Waals surface area contributed by atoms with E-state index in [1.165, 1.54) is 6.07 Å². The number of benzene rings is 1. The fourth-order valence-corrected chi connectivity index (χ4v) is 2.99. The number of carbonyl (C=O) groups is 1. The van der Waals surface area contributed by atoms with Gasteiger partial charge in [0.1, 0.15) is 5.82 Å². The molecule has 0 bridgehead atoms. The van der Waals surface area contributed by atoms with Crippen molar-refractivity contribution in [1.29, 1.82) is 0 Å². The molecule has 4 nitrogen and oxygen atoms in total. The summed E-state index contributed by atoms with van der Waals surface area (Å²) in [5, 5.41) is 2.79. The zero-order valence-corrected chi connectivity index (χ0v) is 13.7. The van der Waals surface area contributed by atoms with E-state index in [1.807, 2.05) is 0 Å². The molecule has 22 heavy (non-hydrogen) atoms. The molecule has 1 aromatic carbocycles. The van der Waals surface area contributed by atoms with Crippen molar-refractivity contribution in [3.8, 4) is 0 Å². The molecule has 1 amide bonds. The van der Waals surface area contributed by atoms with Crippen molar-refractivity contribution in [2.75, 3.05) is 19.6 Å². The predicted octanol–water partition coefficient (Wildman–Crippen LogP) is 1.92. The summed E-state index contributed by atoms with van der Waals surface area (Å²) in [6.07, 6.45) is 2.26. The summed E-state index contributed by atoms with van der Waals surface area (Å²) < 4.78 is 13.5. The van der Waals surface area contributed by atoms with E-state index in [1.54, 1.807) is 18.2 Å². The second-order valence-corrected chi connectivity index (χ2v) is 5.76. The molecule has 6 heteroatoms. The normalized spacial score (nSPS) is 22.0. The van der Waals surface area contributed by atoms with Crippen molar-refractivity contribution in [2.45, 2.75) is 32.4 Å². The quantitative estimate of drug-likeness (QED) is 0.867. The molecule has 2 unspecified atom stereocenters. The van der Waals surface area contributed by atoms with Crippen molar-refractivity contribution in [2.24, 2.45) is 11.7 Å². The number of halogens is 2. The van der Waals surface area contributed by atoms with Crippen molar-refractivity contribution in [3.05, 3.63) is 35.6 Å². The van der Waals surface area contributed by atoms with E-state index in [2.05, 4.69) is 17.1 Å². The Bertz CT molecular complexity index is 486. The summed E-state index contributed by atoms with van der Waals surface area (Å²) in [7, 11) is 0. The Kier molecular flexibility index (Phi) is 7.79. The van der Waals surface area contributed by atoms with Crippen LogP contribution in [-0.4, -0.2) is 36.5 Å². The molecule has 1 heterocycles. The lowest BCUT2D eigenvalue weighted by Gasteiger charge is -2.38. The molecule has 124 valence electrons. The van der Waals surface area contributed by atoms with E-state index < -0.39 is 0 Å². The van der Waals surface area contributed by atoms with Gasteiger partial charge in [-0.3, -0.25) is 9.69 Å². The molecule has 0 saturated carbocycles. The maximum atomic E-state index is 13.5. The fourth-order valence-electron chi connectivity index (χ4n) is 2.99.